The smallest absolute Gasteiger partial charge is 0.254 e. The van der Waals surface area contributed by atoms with Crippen molar-refractivity contribution >= 4 is 34.4 Å². The van der Waals surface area contributed by atoms with Crippen LogP contribution in [0.2, 0.25) is 5.02 Å². The van der Waals surface area contributed by atoms with Crippen LogP contribution in [0.1, 0.15) is 27.0 Å². The Hall–Kier alpha value is -4.16. The van der Waals surface area contributed by atoms with Gasteiger partial charge in [0.1, 0.15) is 12.1 Å². The van der Waals surface area contributed by atoms with Crippen molar-refractivity contribution in [3.05, 3.63) is 129 Å². The van der Waals surface area contributed by atoms with E-state index in [1.54, 1.807) is 47.4 Å². The van der Waals surface area contributed by atoms with Crippen LogP contribution in [0.4, 0.5) is 0 Å². The van der Waals surface area contributed by atoms with E-state index in [1.807, 2.05) is 43.3 Å². The van der Waals surface area contributed by atoms with Crippen LogP contribution in [-0.2, 0) is 17.9 Å². The highest BCUT2D eigenvalue weighted by molar-refractivity contribution is 6.30. The summed E-state index contributed by atoms with van der Waals surface area (Å²) in [4.78, 5) is 43.0. The van der Waals surface area contributed by atoms with Crippen molar-refractivity contribution in [2.24, 2.45) is 0 Å². The molecule has 4 aromatic rings. The maximum absolute atomic E-state index is 13.6. The van der Waals surface area contributed by atoms with Crippen molar-refractivity contribution in [1.29, 1.82) is 0 Å². The lowest BCUT2D eigenvalue weighted by Crippen LogP contribution is -2.43. The normalized spacial score (nSPS) is 10.8. The van der Waals surface area contributed by atoms with Gasteiger partial charge < -0.3 is 14.2 Å². The fourth-order valence-corrected chi connectivity index (χ4v) is 4.18. The highest BCUT2D eigenvalue weighted by atomic mass is 35.5. The summed E-state index contributed by atoms with van der Waals surface area (Å²) in [5, 5.41) is 0.983. The molecular weight excluding hydrogens is 488 g/mol. The molecule has 0 saturated carbocycles. The largest absolute Gasteiger partial charge is 0.464 e. The van der Waals surface area contributed by atoms with Gasteiger partial charge in [-0.25, -0.2) is 0 Å². The first-order valence-corrected chi connectivity index (χ1v) is 12.2. The minimum absolute atomic E-state index is 0.0387. The molecule has 2 amide bonds. The molecule has 3 aromatic carbocycles. The summed E-state index contributed by atoms with van der Waals surface area (Å²) in [5.74, 6) is -0.623. The fraction of sp³-hybridized carbons (Fsp3) is 0.167. The first-order chi connectivity index (χ1) is 17.9. The Balaban J connectivity index is 1.63. The molecule has 37 heavy (non-hydrogen) atoms. The van der Waals surface area contributed by atoms with Crippen LogP contribution in [0.5, 0.6) is 0 Å². The average molecular weight is 515 g/mol. The van der Waals surface area contributed by atoms with Gasteiger partial charge in [0, 0.05) is 23.7 Å². The van der Waals surface area contributed by atoms with E-state index in [2.05, 4.69) is 6.58 Å². The zero-order valence-corrected chi connectivity index (χ0v) is 21.3. The van der Waals surface area contributed by atoms with Crippen molar-refractivity contribution in [3.63, 3.8) is 0 Å². The van der Waals surface area contributed by atoms with Crippen LogP contribution < -0.4 is 5.43 Å². The van der Waals surface area contributed by atoms with E-state index in [0.29, 0.717) is 27.1 Å². The van der Waals surface area contributed by atoms with E-state index in [1.165, 1.54) is 11.2 Å². The maximum atomic E-state index is 13.6. The van der Waals surface area contributed by atoms with Gasteiger partial charge in [-0.15, -0.1) is 6.58 Å². The summed E-state index contributed by atoms with van der Waals surface area (Å²) < 4.78 is 5.71. The van der Waals surface area contributed by atoms with Crippen LogP contribution in [0.15, 0.2) is 101 Å². The Kier molecular flexibility index (Phi) is 8.21. The Morgan fingerprint density at radius 1 is 0.973 bits per heavy atom. The topological polar surface area (TPSA) is 70.8 Å². The minimum atomic E-state index is -0.315. The van der Waals surface area contributed by atoms with E-state index in [4.69, 9.17) is 16.0 Å². The van der Waals surface area contributed by atoms with Crippen LogP contribution in [0.3, 0.4) is 0 Å². The number of aryl methyl sites for hydroxylation is 1. The van der Waals surface area contributed by atoms with Crippen molar-refractivity contribution in [3.8, 4) is 0 Å². The number of carbonyl (C=O) groups excluding carboxylic acids is 2. The van der Waals surface area contributed by atoms with Gasteiger partial charge in [0.25, 0.3) is 5.91 Å². The van der Waals surface area contributed by atoms with Crippen LogP contribution in [0, 0.1) is 6.92 Å². The van der Waals surface area contributed by atoms with Gasteiger partial charge in [0.2, 0.25) is 5.91 Å². The fourth-order valence-electron chi connectivity index (χ4n) is 4.05. The third kappa shape index (κ3) is 6.35. The molecule has 6 nitrogen and oxygen atoms in total. The van der Waals surface area contributed by atoms with Gasteiger partial charge in [-0.05, 0) is 48.9 Å². The molecule has 0 aliphatic rings. The summed E-state index contributed by atoms with van der Waals surface area (Å²) in [6.07, 6.45) is 2.98. The number of benzene rings is 3. The van der Waals surface area contributed by atoms with E-state index < -0.39 is 0 Å². The van der Waals surface area contributed by atoms with Crippen molar-refractivity contribution < 1.29 is 14.0 Å². The number of amides is 2. The molecular formula is C30H27ClN2O4. The predicted octanol–water partition coefficient (Wildman–Crippen LogP) is 5.61. The molecule has 0 bridgehead atoms. The number of hydrogen-bond donors (Lipinski definition) is 0. The number of nitrogens with zero attached hydrogens (tertiary/aromatic N) is 2. The highest BCUT2D eigenvalue weighted by Crippen LogP contribution is 2.17. The summed E-state index contributed by atoms with van der Waals surface area (Å²) >= 11 is 5.96. The first-order valence-electron chi connectivity index (χ1n) is 11.8. The zero-order chi connectivity index (χ0) is 26.4. The highest BCUT2D eigenvalue weighted by Gasteiger charge is 2.23. The lowest BCUT2D eigenvalue weighted by molar-refractivity contribution is -0.133. The Morgan fingerprint density at radius 2 is 1.70 bits per heavy atom. The van der Waals surface area contributed by atoms with Gasteiger partial charge in [0.05, 0.1) is 23.8 Å². The number of rotatable bonds is 9. The van der Waals surface area contributed by atoms with Gasteiger partial charge in [-0.1, -0.05) is 59.6 Å². The van der Waals surface area contributed by atoms with E-state index in [0.717, 1.165) is 11.1 Å². The molecule has 0 aliphatic carbocycles. The predicted molar refractivity (Wildman–Crippen MR) is 145 cm³/mol. The van der Waals surface area contributed by atoms with Crippen molar-refractivity contribution in [1.82, 2.24) is 9.80 Å². The van der Waals surface area contributed by atoms with Gasteiger partial charge in [-0.3, -0.25) is 14.4 Å². The Labute approximate surface area is 220 Å². The lowest BCUT2D eigenvalue weighted by Gasteiger charge is -2.27. The van der Waals surface area contributed by atoms with Crippen molar-refractivity contribution in [2.75, 3.05) is 13.1 Å². The molecule has 0 radical (unpaired) electrons. The molecule has 7 heteroatoms. The van der Waals surface area contributed by atoms with Gasteiger partial charge in [0.15, 0.2) is 5.43 Å². The van der Waals surface area contributed by atoms with E-state index >= 15 is 0 Å². The molecule has 0 N–H and O–H groups in total. The van der Waals surface area contributed by atoms with Crippen LogP contribution >= 0.6 is 11.6 Å². The monoisotopic (exact) mass is 514 g/mol. The van der Waals surface area contributed by atoms with E-state index in [-0.39, 0.29) is 43.4 Å². The van der Waals surface area contributed by atoms with Crippen LogP contribution in [-0.4, -0.2) is 34.7 Å². The summed E-state index contributed by atoms with van der Waals surface area (Å²) in [5.41, 5.74) is 2.93. The van der Waals surface area contributed by atoms with Gasteiger partial charge in [-0.2, -0.15) is 0 Å². The average Bonchev–Trinajstić information content (AvgIpc) is 2.90. The molecule has 0 fully saturated rings. The maximum Gasteiger partial charge on any atom is 0.254 e. The minimum Gasteiger partial charge on any atom is -0.464 e. The summed E-state index contributed by atoms with van der Waals surface area (Å²) in [7, 11) is 0. The SMILES string of the molecule is C=CCN(CC(=O)N(Cc1ccccc1)Cc1coc2ccc(C)cc2c1=O)C(=O)c1ccc(Cl)cc1. The third-order valence-corrected chi connectivity index (χ3v) is 6.24. The Morgan fingerprint density at radius 3 is 2.41 bits per heavy atom. The molecule has 0 atom stereocenters. The molecule has 1 aromatic heterocycles. The zero-order valence-electron chi connectivity index (χ0n) is 20.5. The molecule has 0 aliphatic heterocycles. The van der Waals surface area contributed by atoms with Gasteiger partial charge >= 0.3 is 0 Å². The number of fused-ring (bicyclic) bond motifs is 1. The summed E-state index contributed by atoms with van der Waals surface area (Å²) in [6.45, 7) is 5.94. The second-order valence-corrected chi connectivity index (χ2v) is 9.24. The molecule has 0 spiro atoms. The number of hydrogen-bond acceptors (Lipinski definition) is 4. The number of halogens is 1. The molecule has 0 saturated heterocycles. The molecule has 188 valence electrons. The lowest BCUT2D eigenvalue weighted by atomic mass is 10.1. The van der Waals surface area contributed by atoms with Crippen LogP contribution in [0.25, 0.3) is 11.0 Å². The van der Waals surface area contributed by atoms with E-state index in [9.17, 15) is 14.4 Å². The molecule has 0 unspecified atom stereocenters. The standard InChI is InChI=1S/C30H27ClN2O4/c1-3-15-32(30(36)23-10-12-25(31)13-11-23)19-28(34)33(17-22-7-5-4-6-8-22)18-24-20-37-27-14-9-21(2)16-26(27)29(24)35/h3-14,16,20H,1,15,17-19H2,2H3. The second-order valence-electron chi connectivity index (χ2n) is 8.81. The van der Waals surface area contributed by atoms with Crippen molar-refractivity contribution in [2.45, 2.75) is 20.0 Å². The second kappa shape index (κ2) is 11.7. The first kappa shape index (κ1) is 25.9. The quantitative estimate of drug-likeness (QED) is 0.272. The third-order valence-electron chi connectivity index (χ3n) is 5.98. The molecule has 4 rings (SSSR count). The Bertz CT molecular complexity index is 1480. The number of carbonyl (C=O) groups is 2. The molecule has 1 heterocycles. The summed E-state index contributed by atoms with van der Waals surface area (Å²) in [6, 6.07) is 21.4.